The smallest absolute Gasteiger partial charge is 0.0815 e. The van der Waals surface area contributed by atoms with E-state index in [0.29, 0.717) is 6.17 Å². The van der Waals surface area contributed by atoms with Crippen LogP contribution in [0.25, 0.3) is 0 Å². The normalized spacial score (nSPS) is 28.4. The molecule has 1 saturated heterocycles. The Bertz CT molecular complexity index is 533. The zero-order chi connectivity index (χ0) is 13.7. The summed E-state index contributed by atoms with van der Waals surface area (Å²) in [6.45, 7) is 7.97. The Morgan fingerprint density at radius 3 is 2.75 bits per heavy atom. The van der Waals surface area contributed by atoms with Crippen LogP contribution in [0.15, 0.2) is 12.1 Å². The van der Waals surface area contributed by atoms with E-state index in [-0.39, 0.29) is 5.54 Å². The van der Waals surface area contributed by atoms with Crippen molar-refractivity contribution in [1.29, 1.82) is 0 Å². The van der Waals surface area contributed by atoms with Gasteiger partial charge in [-0.05, 0) is 30.9 Å². The summed E-state index contributed by atoms with van der Waals surface area (Å²) in [5.41, 5.74) is 6.42. The fourth-order valence-electron chi connectivity index (χ4n) is 4.76. The first-order valence-corrected chi connectivity index (χ1v) is 8.11. The van der Waals surface area contributed by atoms with Crippen molar-refractivity contribution in [2.24, 2.45) is 0 Å². The average molecular weight is 271 g/mol. The van der Waals surface area contributed by atoms with Gasteiger partial charge in [-0.25, -0.2) is 0 Å². The zero-order valence-corrected chi connectivity index (χ0v) is 12.6. The molecule has 0 spiro atoms. The number of anilines is 1. The first-order valence-electron chi connectivity index (χ1n) is 8.11. The topological polar surface area (TPSA) is 27.3 Å². The van der Waals surface area contributed by atoms with Crippen molar-refractivity contribution in [2.45, 2.75) is 51.2 Å². The minimum absolute atomic E-state index is 0.257. The largest absolute Gasteiger partial charge is 0.362 e. The molecule has 3 heteroatoms. The second kappa shape index (κ2) is 4.47. The zero-order valence-electron chi connectivity index (χ0n) is 12.6. The molecular weight excluding hydrogens is 246 g/mol. The van der Waals surface area contributed by atoms with Crippen molar-refractivity contribution < 1.29 is 0 Å². The van der Waals surface area contributed by atoms with Gasteiger partial charge in [0.2, 0.25) is 0 Å². The Morgan fingerprint density at radius 1 is 1.25 bits per heavy atom. The van der Waals surface area contributed by atoms with E-state index in [4.69, 9.17) is 0 Å². The molecule has 0 radical (unpaired) electrons. The Hall–Kier alpha value is -1.06. The summed E-state index contributed by atoms with van der Waals surface area (Å²) in [7, 11) is 0. The number of hydrogen-bond donors (Lipinski definition) is 2. The lowest BCUT2D eigenvalue weighted by molar-refractivity contribution is 0.268. The van der Waals surface area contributed by atoms with Crippen LogP contribution in [0.1, 0.15) is 36.5 Å². The third-order valence-electron chi connectivity index (χ3n) is 5.36. The SMILES string of the molecule is CCCC1(C2NCCN2)Cc2cc(C)cc3c2N1CC3. The van der Waals surface area contributed by atoms with Crippen LogP contribution in [0.4, 0.5) is 5.69 Å². The van der Waals surface area contributed by atoms with Gasteiger partial charge in [0, 0.05) is 31.7 Å². The van der Waals surface area contributed by atoms with Gasteiger partial charge in [-0.15, -0.1) is 0 Å². The van der Waals surface area contributed by atoms with Crippen molar-refractivity contribution in [1.82, 2.24) is 10.6 Å². The Balaban J connectivity index is 1.80. The van der Waals surface area contributed by atoms with Gasteiger partial charge in [0.25, 0.3) is 0 Å². The highest BCUT2D eigenvalue weighted by molar-refractivity contribution is 5.71. The maximum absolute atomic E-state index is 3.71. The first-order chi connectivity index (χ1) is 9.74. The quantitative estimate of drug-likeness (QED) is 0.880. The molecule has 0 aromatic heterocycles. The molecule has 3 aliphatic rings. The number of benzene rings is 1. The van der Waals surface area contributed by atoms with Crippen LogP contribution in [0.2, 0.25) is 0 Å². The lowest BCUT2D eigenvalue weighted by Gasteiger charge is -2.43. The maximum Gasteiger partial charge on any atom is 0.0815 e. The van der Waals surface area contributed by atoms with Gasteiger partial charge in [0.05, 0.1) is 11.7 Å². The van der Waals surface area contributed by atoms with Crippen LogP contribution in [-0.4, -0.2) is 31.3 Å². The van der Waals surface area contributed by atoms with Crippen molar-refractivity contribution >= 4 is 5.69 Å². The Labute approximate surface area is 121 Å². The molecule has 1 atom stereocenters. The highest BCUT2D eigenvalue weighted by atomic mass is 15.3. The molecule has 1 aromatic rings. The van der Waals surface area contributed by atoms with Gasteiger partial charge in [0.1, 0.15) is 0 Å². The summed E-state index contributed by atoms with van der Waals surface area (Å²) in [5.74, 6) is 0. The molecule has 0 amide bonds. The molecule has 0 aliphatic carbocycles. The number of aryl methyl sites for hydroxylation is 1. The summed E-state index contributed by atoms with van der Waals surface area (Å²) < 4.78 is 0. The molecule has 108 valence electrons. The van der Waals surface area contributed by atoms with Gasteiger partial charge in [-0.2, -0.15) is 0 Å². The van der Waals surface area contributed by atoms with E-state index in [1.165, 1.54) is 37.8 Å². The van der Waals surface area contributed by atoms with Gasteiger partial charge >= 0.3 is 0 Å². The van der Waals surface area contributed by atoms with Gasteiger partial charge in [0.15, 0.2) is 0 Å². The average Bonchev–Trinajstić information content (AvgIpc) is 3.12. The minimum atomic E-state index is 0.257. The molecule has 3 heterocycles. The van der Waals surface area contributed by atoms with Crippen LogP contribution in [0, 0.1) is 6.92 Å². The fourth-order valence-corrected chi connectivity index (χ4v) is 4.76. The molecule has 20 heavy (non-hydrogen) atoms. The fraction of sp³-hybridized carbons (Fsp3) is 0.647. The number of hydrogen-bond acceptors (Lipinski definition) is 3. The predicted molar refractivity (Wildman–Crippen MR) is 83.4 cm³/mol. The number of nitrogens with one attached hydrogen (secondary N) is 2. The maximum atomic E-state index is 3.71. The molecule has 0 saturated carbocycles. The van der Waals surface area contributed by atoms with Crippen LogP contribution < -0.4 is 15.5 Å². The van der Waals surface area contributed by atoms with E-state index in [9.17, 15) is 0 Å². The monoisotopic (exact) mass is 271 g/mol. The van der Waals surface area contributed by atoms with Crippen molar-refractivity contribution in [2.75, 3.05) is 24.5 Å². The molecule has 1 fully saturated rings. The molecule has 1 unspecified atom stereocenters. The van der Waals surface area contributed by atoms with E-state index in [1.54, 1.807) is 16.8 Å². The van der Waals surface area contributed by atoms with E-state index in [1.807, 2.05) is 0 Å². The van der Waals surface area contributed by atoms with Crippen LogP contribution in [0.3, 0.4) is 0 Å². The minimum Gasteiger partial charge on any atom is -0.362 e. The van der Waals surface area contributed by atoms with E-state index >= 15 is 0 Å². The third kappa shape index (κ3) is 1.60. The molecule has 3 aliphatic heterocycles. The summed E-state index contributed by atoms with van der Waals surface area (Å²) in [5, 5.41) is 7.42. The van der Waals surface area contributed by atoms with Crippen molar-refractivity contribution in [3.8, 4) is 0 Å². The third-order valence-corrected chi connectivity index (χ3v) is 5.36. The summed E-state index contributed by atoms with van der Waals surface area (Å²) in [4.78, 5) is 2.73. The van der Waals surface area contributed by atoms with Crippen LogP contribution in [0.5, 0.6) is 0 Å². The second-order valence-corrected chi connectivity index (χ2v) is 6.71. The molecule has 4 rings (SSSR count). The molecular formula is C17H25N3. The molecule has 1 aromatic carbocycles. The molecule has 3 nitrogen and oxygen atoms in total. The van der Waals surface area contributed by atoms with E-state index in [0.717, 1.165) is 13.1 Å². The van der Waals surface area contributed by atoms with Gasteiger partial charge in [-0.3, -0.25) is 10.6 Å². The highest BCUT2D eigenvalue weighted by Crippen LogP contribution is 2.48. The van der Waals surface area contributed by atoms with Crippen LogP contribution in [-0.2, 0) is 12.8 Å². The van der Waals surface area contributed by atoms with Crippen molar-refractivity contribution in [3.63, 3.8) is 0 Å². The Morgan fingerprint density at radius 2 is 2.00 bits per heavy atom. The summed E-state index contributed by atoms with van der Waals surface area (Å²) >= 11 is 0. The second-order valence-electron chi connectivity index (χ2n) is 6.71. The summed E-state index contributed by atoms with van der Waals surface area (Å²) in [6, 6.07) is 4.82. The standard InChI is InChI=1S/C17H25N3/c1-3-5-17(16-18-6-7-19-16)11-14-10-12(2)9-13-4-8-20(17)15(13)14/h9-10,16,18-19H,3-8,11H2,1-2H3. The predicted octanol–water partition coefficient (Wildman–Crippen LogP) is 1.97. The summed E-state index contributed by atoms with van der Waals surface area (Å²) in [6.07, 6.45) is 5.39. The molecule has 0 bridgehead atoms. The number of nitrogens with zero attached hydrogens (tertiary/aromatic N) is 1. The van der Waals surface area contributed by atoms with Gasteiger partial charge in [-0.1, -0.05) is 31.0 Å². The Kier molecular flexibility index (Phi) is 2.83. The lowest BCUT2D eigenvalue weighted by atomic mass is 9.85. The lowest BCUT2D eigenvalue weighted by Crippen LogP contribution is -2.62. The van der Waals surface area contributed by atoms with E-state index in [2.05, 4.69) is 41.5 Å². The van der Waals surface area contributed by atoms with E-state index < -0.39 is 0 Å². The van der Waals surface area contributed by atoms with Crippen molar-refractivity contribution in [3.05, 3.63) is 28.8 Å². The molecule has 2 N–H and O–H groups in total. The highest BCUT2D eigenvalue weighted by Gasteiger charge is 2.51. The van der Waals surface area contributed by atoms with Gasteiger partial charge < -0.3 is 4.90 Å². The van der Waals surface area contributed by atoms with Crippen LogP contribution >= 0.6 is 0 Å². The first kappa shape index (κ1) is 12.7. The number of rotatable bonds is 3.